The van der Waals surface area contributed by atoms with E-state index in [4.69, 9.17) is 5.73 Å². The number of aromatic nitrogens is 2. The van der Waals surface area contributed by atoms with Gasteiger partial charge in [0.25, 0.3) is 5.56 Å². The molecule has 22 heavy (non-hydrogen) atoms. The fourth-order valence-corrected chi connectivity index (χ4v) is 2.78. The van der Waals surface area contributed by atoms with Crippen molar-refractivity contribution in [2.24, 2.45) is 12.8 Å². The highest BCUT2D eigenvalue weighted by molar-refractivity contribution is 5.62. The van der Waals surface area contributed by atoms with Crippen molar-refractivity contribution >= 4 is 5.95 Å². The summed E-state index contributed by atoms with van der Waals surface area (Å²) in [7, 11) is 1.70. The van der Waals surface area contributed by atoms with E-state index in [2.05, 4.69) is 9.88 Å². The molecular weight excluding hydrogens is 283 g/mol. The second-order valence-corrected chi connectivity index (χ2v) is 5.67. The lowest BCUT2D eigenvalue weighted by Gasteiger charge is -2.31. The molecule has 0 atom stereocenters. The summed E-state index contributed by atoms with van der Waals surface area (Å²) in [5.74, 6) is 0.269. The van der Waals surface area contributed by atoms with Crippen LogP contribution in [0.2, 0.25) is 0 Å². The zero-order valence-electron chi connectivity index (χ0n) is 12.5. The lowest BCUT2D eigenvalue weighted by Crippen LogP contribution is -2.42. The molecule has 0 unspecified atom stereocenters. The zero-order chi connectivity index (χ0) is 15.7. The molecule has 0 bridgehead atoms. The van der Waals surface area contributed by atoms with Gasteiger partial charge in [0, 0.05) is 32.4 Å². The van der Waals surface area contributed by atoms with Crippen LogP contribution in [0.4, 0.5) is 10.3 Å². The Morgan fingerprint density at radius 1 is 1.32 bits per heavy atom. The molecule has 6 heteroatoms. The van der Waals surface area contributed by atoms with Crippen molar-refractivity contribution in [1.82, 2.24) is 9.55 Å². The van der Waals surface area contributed by atoms with Crippen LogP contribution in [0.25, 0.3) is 11.1 Å². The summed E-state index contributed by atoms with van der Waals surface area (Å²) >= 11 is 0. The molecule has 2 N–H and O–H groups in total. The zero-order valence-corrected chi connectivity index (χ0v) is 12.5. The molecule has 116 valence electrons. The van der Waals surface area contributed by atoms with Crippen molar-refractivity contribution in [3.8, 4) is 11.1 Å². The summed E-state index contributed by atoms with van der Waals surface area (Å²) in [6.07, 6.45) is 3.31. The highest BCUT2D eigenvalue weighted by Crippen LogP contribution is 2.19. The summed E-state index contributed by atoms with van der Waals surface area (Å²) in [5.41, 5.74) is 6.67. The van der Waals surface area contributed by atoms with Gasteiger partial charge in [-0.2, -0.15) is 0 Å². The van der Waals surface area contributed by atoms with Gasteiger partial charge in [-0.25, -0.2) is 9.37 Å². The van der Waals surface area contributed by atoms with E-state index in [1.807, 2.05) is 0 Å². The van der Waals surface area contributed by atoms with E-state index in [1.54, 1.807) is 19.2 Å². The minimum Gasteiger partial charge on any atom is -0.342 e. The van der Waals surface area contributed by atoms with Gasteiger partial charge < -0.3 is 10.6 Å². The standard InChI is InChI=1S/C16H19FN4O/c1-20-15(22)14(11-3-2-4-12(17)9-11)10-19-16(20)21-7-5-13(18)6-8-21/h2-4,9-10,13H,5-8,18H2,1H3. The Bertz CT molecular complexity index is 735. The second-order valence-electron chi connectivity index (χ2n) is 5.67. The molecule has 1 aromatic heterocycles. The molecule has 5 nitrogen and oxygen atoms in total. The van der Waals surface area contributed by atoms with Crippen LogP contribution in [0.5, 0.6) is 0 Å². The Labute approximate surface area is 128 Å². The fourth-order valence-electron chi connectivity index (χ4n) is 2.78. The largest absolute Gasteiger partial charge is 0.342 e. The number of rotatable bonds is 2. The molecule has 0 saturated carbocycles. The van der Waals surface area contributed by atoms with Gasteiger partial charge in [-0.3, -0.25) is 9.36 Å². The van der Waals surface area contributed by atoms with Crippen molar-refractivity contribution in [1.29, 1.82) is 0 Å². The Hall–Kier alpha value is -2.21. The van der Waals surface area contributed by atoms with Gasteiger partial charge in [0.1, 0.15) is 5.82 Å². The third-order valence-corrected chi connectivity index (χ3v) is 4.10. The van der Waals surface area contributed by atoms with Crippen molar-refractivity contribution in [2.75, 3.05) is 18.0 Å². The van der Waals surface area contributed by atoms with Crippen LogP contribution in [0.3, 0.4) is 0 Å². The van der Waals surface area contributed by atoms with Crippen molar-refractivity contribution in [3.63, 3.8) is 0 Å². The number of hydrogen-bond donors (Lipinski definition) is 1. The number of hydrogen-bond acceptors (Lipinski definition) is 4. The SMILES string of the molecule is Cn1c(N2CCC(N)CC2)ncc(-c2cccc(F)c2)c1=O. The van der Waals surface area contributed by atoms with Crippen LogP contribution in [0.1, 0.15) is 12.8 Å². The number of benzene rings is 1. The lowest BCUT2D eigenvalue weighted by atomic mass is 10.1. The Kier molecular flexibility index (Phi) is 3.94. The van der Waals surface area contributed by atoms with Gasteiger partial charge in [-0.05, 0) is 30.5 Å². The van der Waals surface area contributed by atoms with E-state index >= 15 is 0 Å². The quantitative estimate of drug-likeness (QED) is 0.913. The smallest absolute Gasteiger partial charge is 0.262 e. The summed E-state index contributed by atoms with van der Waals surface area (Å²) in [6.45, 7) is 1.58. The number of nitrogens with two attached hydrogens (primary N) is 1. The van der Waals surface area contributed by atoms with Gasteiger partial charge in [-0.1, -0.05) is 12.1 Å². The average molecular weight is 302 g/mol. The topological polar surface area (TPSA) is 64.2 Å². The van der Waals surface area contributed by atoms with Gasteiger partial charge in [0.15, 0.2) is 0 Å². The molecule has 0 radical (unpaired) electrons. The van der Waals surface area contributed by atoms with E-state index in [9.17, 15) is 9.18 Å². The first-order valence-electron chi connectivity index (χ1n) is 7.39. The molecule has 2 heterocycles. The molecule has 0 amide bonds. The maximum Gasteiger partial charge on any atom is 0.262 e. The molecule has 1 aromatic carbocycles. The molecule has 2 aromatic rings. The Morgan fingerprint density at radius 2 is 2.05 bits per heavy atom. The molecule has 1 saturated heterocycles. The van der Waals surface area contributed by atoms with Crippen LogP contribution in [0, 0.1) is 5.82 Å². The number of piperidine rings is 1. The van der Waals surface area contributed by atoms with Crippen LogP contribution in [-0.2, 0) is 7.05 Å². The minimum absolute atomic E-state index is 0.175. The van der Waals surface area contributed by atoms with E-state index < -0.39 is 0 Å². The van der Waals surface area contributed by atoms with E-state index in [-0.39, 0.29) is 17.4 Å². The minimum atomic E-state index is -0.367. The number of halogens is 1. The molecule has 1 aliphatic heterocycles. The first-order chi connectivity index (χ1) is 10.6. The van der Waals surface area contributed by atoms with Gasteiger partial charge in [0.2, 0.25) is 5.95 Å². The van der Waals surface area contributed by atoms with E-state index in [1.165, 1.54) is 22.9 Å². The summed E-state index contributed by atoms with van der Waals surface area (Å²) in [4.78, 5) is 19.0. The maximum absolute atomic E-state index is 13.3. The van der Waals surface area contributed by atoms with Crippen LogP contribution >= 0.6 is 0 Å². The third kappa shape index (κ3) is 2.74. The lowest BCUT2D eigenvalue weighted by molar-refractivity contribution is 0.490. The van der Waals surface area contributed by atoms with Crippen LogP contribution < -0.4 is 16.2 Å². The number of anilines is 1. The Morgan fingerprint density at radius 3 is 2.73 bits per heavy atom. The van der Waals surface area contributed by atoms with Crippen LogP contribution in [-0.4, -0.2) is 28.7 Å². The fraction of sp³-hybridized carbons (Fsp3) is 0.375. The molecule has 3 rings (SSSR count). The van der Waals surface area contributed by atoms with Crippen LogP contribution in [0.15, 0.2) is 35.3 Å². The molecular formula is C16H19FN4O. The summed E-state index contributed by atoms with van der Waals surface area (Å²) in [5, 5.41) is 0. The van der Waals surface area contributed by atoms with Crippen molar-refractivity contribution in [3.05, 3.63) is 46.6 Å². The van der Waals surface area contributed by atoms with E-state index in [0.29, 0.717) is 17.1 Å². The normalized spacial score (nSPS) is 16.0. The Balaban J connectivity index is 1.97. The highest BCUT2D eigenvalue weighted by atomic mass is 19.1. The predicted octanol–water partition coefficient (Wildman–Crippen LogP) is 1.51. The third-order valence-electron chi connectivity index (χ3n) is 4.10. The molecule has 1 aliphatic rings. The van der Waals surface area contributed by atoms with E-state index in [0.717, 1.165) is 25.9 Å². The monoisotopic (exact) mass is 302 g/mol. The van der Waals surface area contributed by atoms with Crippen molar-refractivity contribution < 1.29 is 4.39 Å². The van der Waals surface area contributed by atoms with Crippen molar-refractivity contribution in [2.45, 2.75) is 18.9 Å². The van der Waals surface area contributed by atoms with Gasteiger partial charge >= 0.3 is 0 Å². The molecule has 0 spiro atoms. The van der Waals surface area contributed by atoms with Gasteiger partial charge in [-0.15, -0.1) is 0 Å². The second kappa shape index (κ2) is 5.88. The summed E-state index contributed by atoms with van der Waals surface area (Å²) < 4.78 is 14.9. The number of nitrogens with zero attached hydrogens (tertiary/aromatic N) is 3. The molecule has 1 fully saturated rings. The first-order valence-corrected chi connectivity index (χ1v) is 7.39. The van der Waals surface area contributed by atoms with Gasteiger partial charge in [0.05, 0.1) is 5.56 Å². The average Bonchev–Trinajstić information content (AvgIpc) is 2.51. The maximum atomic E-state index is 13.3. The first kappa shape index (κ1) is 14.7. The summed E-state index contributed by atoms with van der Waals surface area (Å²) in [6, 6.07) is 6.22. The highest BCUT2D eigenvalue weighted by Gasteiger charge is 2.20. The molecule has 0 aliphatic carbocycles. The predicted molar refractivity (Wildman–Crippen MR) is 84.3 cm³/mol.